The number of aromatic nitrogens is 4. The molecule has 0 saturated carbocycles. The van der Waals surface area contributed by atoms with Gasteiger partial charge in [-0.1, -0.05) is 36.4 Å². The smallest absolute Gasteiger partial charge is 0.100 e. The van der Waals surface area contributed by atoms with E-state index in [9.17, 15) is 0 Å². The molecule has 0 bridgehead atoms. The summed E-state index contributed by atoms with van der Waals surface area (Å²) in [5.74, 6) is 0. The number of pyridine rings is 2. The average molecular weight is 376 g/mol. The molecule has 140 valence electrons. The van der Waals surface area contributed by atoms with Gasteiger partial charge in [-0.15, -0.1) is 0 Å². The monoisotopic (exact) mass is 376 g/mol. The molecular weight excluding hydrogens is 356 g/mol. The van der Waals surface area contributed by atoms with Crippen molar-refractivity contribution >= 4 is 43.6 Å². The SMILES string of the molecule is Cc1nccc2c3ccccc3n(Cn3c4ccccc4c4ccnc(C)c43)c12. The summed E-state index contributed by atoms with van der Waals surface area (Å²) >= 11 is 0. The van der Waals surface area contributed by atoms with Crippen molar-refractivity contribution in [1.82, 2.24) is 19.1 Å². The first-order valence-electron chi connectivity index (χ1n) is 9.89. The van der Waals surface area contributed by atoms with E-state index in [1.165, 1.54) is 43.6 Å². The first-order valence-corrected chi connectivity index (χ1v) is 9.89. The predicted octanol–water partition coefficient (Wildman–Crippen LogP) is 5.82. The summed E-state index contributed by atoms with van der Waals surface area (Å²) in [5, 5.41) is 5.04. The van der Waals surface area contributed by atoms with Crippen LogP contribution in [0.1, 0.15) is 11.4 Å². The zero-order valence-corrected chi connectivity index (χ0v) is 16.4. The summed E-state index contributed by atoms with van der Waals surface area (Å²) in [6.07, 6.45) is 3.81. The van der Waals surface area contributed by atoms with Crippen molar-refractivity contribution < 1.29 is 0 Å². The van der Waals surface area contributed by atoms with Crippen LogP contribution < -0.4 is 0 Å². The van der Waals surface area contributed by atoms with Crippen molar-refractivity contribution in [2.24, 2.45) is 0 Å². The molecule has 0 N–H and O–H groups in total. The van der Waals surface area contributed by atoms with Gasteiger partial charge in [-0.05, 0) is 38.1 Å². The summed E-state index contributed by atoms with van der Waals surface area (Å²) in [7, 11) is 0. The first-order chi connectivity index (χ1) is 14.2. The van der Waals surface area contributed by atoms with E-state index in [1.54, 1.807) is 0 Å². The van der Waals surface area contributed by atoms with Gasteiger partial charge in [-0.2, -0.15) is 0 Å². The van der Waals surface area contributed by atoms with Gasteiger partial charge < -0.3 is 9.13 Å². The molecular formula is C25H20N4. The minimum atomic E-state index is 0.715. The Bertz CT molecular complexity index is 1430. The van der Waals surface area contributed by atoms with Crippen LogP contribution in [0.3, 0.4) is 0 Å². The molecule has 0 aliphatic rings. The molecule has 29 heavy (non-hydrogen) atoms. The van der Waals surface area contributed by atoms with E-state index < -0.39 is 0 Å². The van der Waals surface area contributed by atoms with Gasteiger partial charge in [0, 0.05) is 33.9 Å². The third-order valence-corrected chi connectivity index (χ3v) is 6.01. The molecule has 0 aliphatic carbocycles. The largest absolute Gasteiger partial charge is 0.320 e. The fraction of sp³-hybridized carbons (Fsp3) is 0.120. The Kier molecular flexibility index (Phi) is 3.33. The van der Waals surface area contributed by atoms with Crippen LogP contribution in [-0.4, -0.2) is 19.1 Å². The minimum absolute atomic E-state index is 0.715. The normalized spacial score (nSPS) is 11.9. The van der Waals surface area contributed by atoms with Gasteiger partial charge in [-0.3, -0.25) is 9.97 Å². The van der Waals surface area contributed by atoms with Crippen molar-refractivity contribution in [2.75, 3.05) is 0 Å². The molecule has 4 aromatic heterocycles. The molecule has 4 nitrogen and oxygen atoms in total. The predicted molar refractivity (Wildman–Crippen MR) is 119 cm³/mol. The number of benzene rings is 2. The van der Waals surface area contributed by atoms with E-state index in [-0.39, 0.29) is 0 Å². The second kappa shape index (κ2) is 5.92. The van der Waals surface area contributed by atoms with E-state index in [0.717, 1.165) is 11.4 Å². The highest BCUT2D eigenvalue weighted by Gasteiger charge is 2.17. The fourth-order valence-corrected chi connectivity index (χ4v) is 4.78. The van der Waals surface area contributed by atoms with Crippen LogP contribution >= 0.6 is 0 Å². The second-order valence-corrected chi connectivity index (χ2v) is 7.62. The van der Waals surface area contributed by atoms with Crippen LogP contribution in [-0.2, 0) is 6.67 Å². The van der Waals surface area contributed by atoms with Crippen LogP contribution in [0.15, 0.2) is 73.1 Å². The van der Waals surface area contributed by atoms with Gasteiger partial charge in [0.25, 0.3) is 0 Å². The summed E-state index contributed by atoms with van der Waals surface area (Å²) < 4.78 is 4.79. The van der Waals surface area contributed by atoms with Gasteiger partial charge in [0.2, 0.25) is 0 Å². The number of hydrogen-bond donors (Lipinski definition) is 0. The molecule has 4 heteroatoms. The lowest BCUT2D eigenvalue weighted by atomic mass is 10.2. The lowest BCUT2D eigenvalue weighted by Crippen LogP contribution is -2.09. The molecule has 0 amide bonds. The fourth-order valence-electron chi connectivity index (χ4n) is 4.78. The minimum Gasteiger partial charge on any atom is -0.320 e. The number of hydrogen-bond acceptors (Lipinski definition) is 2. The summed E-state index contributed by atoms with van der Waals surface area (Å²) in [4.78, 5) is 9.18. The number of para-hydroxylation sites is 2. The first kappa shape index (κ1) is 16.3. The van der Waals surface area contributed by atoms with Crippen LogP contribution in [0.2, 0.25) is 0 Å². The molecule has 0 spiro atoms. The maximum absolute atomic E-state index is 4.59. The molecule has 6 rings (SSSR count). The Morgan fingerprint density at radius 3 is 1.52 bits per heavy atom. The second-order valence-electron chi connectivity index (χ2n) is 7.62. The van der Waals surface area contributed by atoms with Crippen molar-refractivity contribution in [1.29, 1.82) is 0 Å². The topological polar surface area (TPSA) is 35.6 Å². The number of nitrogens with zero attached hydrogens (tertiary/aromatic N) is 4. The lowest BCUT2D eigenvalue weighted by molar-refractivity contribution is 0.678. The van der Waals surface area contributed by atoms with Gasteiger partial charge >= 0.3 is 0 Å². The van der Waals surface area contributed by atoms with Crippen LogP contribution in [0, 0.1) is 13.8 Å². The van der Waals surface area contributed by atoms with Crippen molar-refractivity contribution in [3.8, 4) is 0 Å². The Morgan fingerprint density at radius 2 is 1.03 bits per heavy atom. The van der Waals surface area contributed by atoms with Crippen LogP contribution in [0.25, 0.3) is 43.6 Å². The zero-order valence-electron chi connectivity index (χ0n) is 16.4. The Balaban J connectivity index is 1.74. The molecule has 2 aromatic carbocycles. The lowest BCUT2D eigenvalue weighted by Gasteiger charge is -2.13. The maximum Gasteiger partial charge on any atom is 0.100 e. The van der Waals surface area contributed by atoms with Gasteiger partial charge in [0.05, 0.1) is 33.5 Å². The third kappa shape index (κ3) is 2.20. The van der Waals surface area contributed by atoms with Gasteiger partial charge in [0.15, 0.2) is 0 Å². The standard InChI is InChI=1S/C25H20N4/c1-16-24-20(11-13-26-16)18-7-3-5-9-22(18)28(24)15-29-23-10-6-4-8-19(23)21-12-14-27-17(2)25(21)29/h3-14H,15H2,1-2H3. The molecule has 0 radical (unpaired) electrons. The average Bonchev–Trinajstić information content (AvgIpc) is 3.24. The Hall–Kier alpha value is -3.66. The molecule has 6 aromatic rings. The Morgan fingerprint density at radius 1 is 0.586 bits per heavy atom. The van der Waals surface area contributed by atoms with Crippen molar-refractivity contribution in [2.45, 2.75) is 20.5 Å². The van der Waals surface area contributed by atoms with E-state index in [2.05, 4.69) is 93.6 Å². The number of rotatable bonds is 2. The van der Waals surface area contributed by atoms with E-state index in [1.807, 2.05) is 12.4 Å². The molecule has 0 unspecified atom stereocenters. The summed E-state index contributed by atoms with van der Waals surface area (Å²) in [6.45, 7) is 4.90. The van der Waals surface area contributed by atoms with Gasteiger partial charge in [-0.25, -0.2) is 0 Å². The highest BCUT2D eigenvalue weighted by molar-refractivity contribution is 6.10. The summed E-state index contributed by atoms with van der Waals surface area (Å²) in [5.41, 5.74) is 6.95. The van der Waals surface area contributed by atoms with Crippen LogP contribution in [0.4, 0.5) is 0 Å². The van der Waals surface area contributed by atoms with E-state index in [0.29, 0.717) is 6.67 Å². The van der Waals surface area contributed by atoms with E-state index >= 15 is 0 Å². The number of aryl methyl sites for hydroxylation is 2. The maximum atomic E-state index is 4.59. The quantitative estimate of drug-likeness (QED) is 0.382. The van der Waals surface area contributed by atoms with Crippen molar-refractivity contribution in [3.63, 3.8) is 0 Å². The summed E-state index contributed by atoms with van der Waals surface area (Å²) in [6, 6.07) is 21.5. The highest BCUT2D eigenvalue weighted by atomic mass is 15.2. The highest BCUT2D eigenvalue weighted by Crippen LogP contribution is 2.34. The van der Waals surface area contributed by atoms with Crippen LogP contribution in [0.5, 0.6) is 0 Å². The molecule has 0 atom stereocenters. The third-order valence-electron chi connectivity index (χ3n) is 6.01. The molecule has 0 fully saturated rings. The van der Waals surface area contributed by atoms with E-state index in [4.69, 9.17) is 0 Å². The molecule has 4 heterocycles. The molecule has 0 saturated heterocycles. The zero-order chi connectivity index (χ0) is 19.5. The Labute approximate surface area is 168 Å². The molecule has 0 aliphatic heterocycles. The van der Waals surface area contributed by atoms with Gasteiger partial charge in [0.1, 0.15) is 6.67 Å². The number of fused-ring (bicyclic) bond motifs is 6. The van der Waals surface area contributed by atoms with Crippen molar-refractivity contribution in [3.05, 3.63) is 84.4 Å².